The third kappa shape index (κ3) is 8.65. The second-order valence-electron chi connectivity index (χ2n) is 11.0. The van der Waals surface area contributed by atoms with Crippen LogP contribution in [0.3, 0.4) is 0 Å². The van der Waals surface area contributed by atoms with Crippen LogP contribution in [0.2, 0.25) is 0 Å². The zero-order valence-electron chi connectivity index (χ0n) is 23.9. The molecule has 1 fully saturated rings. The number of aliphatic hydroxyl groups is 1. The van der Waals surface area contributed by atoms with Crippen molar-refractivity contribution in [2.24, 2.45) is 11.8 Å². The summed E-state index contributed by atoms with van der Waals surface area (Å²) >= 11 is 0. The van der Waals surface area contributed by atoms with Crippen molar-refractivity contribution in [2.75, 3.05) is 40.4 Å². The van der Waals surface area contributed by atoms with Gasteiger partial charge < -0.3 is 30.1 Å². The first-order valence-corrected chi connectivity index (χ1v) is 14.2. The monoisotopic (exact) mass is 543 g/mol. The Kier molecular flexibility index (Phi) is 12.0. The van der Waals surface area contributed by atoms with Crippen LogP contribution in [0.5, 0.6) is 11.5 Å². The number of methoxy groups -OCH3 is 1. The van der Waals surface area contributed by atoms with Gasteiger partial charge in [0, 0.05) is 50.9 Å². The molecule has 0 spiro atoms. The number of likely N-dealkylation sites (N-methyl/N-ethyl adjacent to an activating group) is 1. The van der Waals surface area contributed by atoms with E-state index >= 15 is 4.39 Å². The quantitative estimate of drug-likeness (QED) is 0.267. The smallest absolute Gasteiger partial charge is 0.317 e. The molecule has 1 saturated heterocycles. The van der Waals surface area contributed by atoms with E-state index in [0.29, 0.717) is 56.3 Å². The van der Waals surface area contributed by atoms with Crippen molar-refractivity contribution in [3.63, 3.8) is 0 Å². The number of unbranched alkanes of at least 4 members (excludes halogenated alkanes) is 1. The molecule has 0 bridgehead atoms. The first-order chi connectivity index (χ1) is 18.8. The van der Waals surface area contributed by atoms with Gasteiger partial charge in [-0.15, -0.1) is 0 Å². The minimum absolute atomic E-state index is 0.0184. The zero-order valence-corrected chi connectivity index (χ0v) is 23.9. The summed E-state index contributed by atoms with van der Waals surface area (Å²) in [5, 5.41) is 18.8. The van der Waals surface area contributed by atoms with Gasteiger partial charge in [-0.2, -0.15) is 0 Å². The topological polar surface area (TPSA) is 83.1 Å². The number of hydrogen-bond acceptors (Lipinski definition) is 5. The van der Waals surface area contributed by atoms with Gasteiger partial charge in [0.1, 0.15) is 5.75 Å². The maximum atomic E-state index is 15.3. The summed E-state index contributed by atoms with van der Waals surface area (Å²) in [6, 6.07) is 13.7. The largest absolute Gasteiger partial charge is 0.454 e. The third-order valence-corrected chi connectivity index (χ3v) is 7.47. The number of carbonyl (C=O) groups is 1. The van der Waals surface area contributed by atoms with Gasteiger partial charge in [0.05, 0.1) is 5.60 Å². The average molecular weight is 544 g/mol. The summed E-state index contributed by atoms with van der Waals surface area (Å²) in [4.78, 5) is 15.1. The number of hydrogen-bond donors (Lipinski definition) is 3. The molecule has 1 aliphatic rings. The molecule has 8 heteroatoms. The van der Waals surface area contributed by atoms with Crippen molar-refractivity contribution < 1.29 is 23.8 Å². The number of rotatable bonds is 14. The summed E-state index contributed by atoms with van der Waals surface area (Å²) in [5.74, 6) is 0.167. The van der Waals surface area contributed by atoms with Gasteiger partial charge in [-0.3, -0.25) is 0 Å². The highest BCUT2D eigenvalue weighted by Gasteiger charge is 2.43. The van der Waals surface area contributed by atoms with E-state index in [0.717, 1.165) is 25.7 Å². The van der Waals surface area contributed by atoms with Gasteiger partial charge >= 0.3 is 6.03 Å². The van der Waals surface area contributed by atoms with Crippen molar-refractivity contribution in [3.8, 4) is 11.5 Å². The van der Waals surface area contributed by atoms with Crippen LogP contribution in [0.15, 0.2) is 48.5 Å². The van der Waals surface area contributed by atoms with Gasteiger partial charge in [-0.05, 0) is 69.7 Å². The summed E-state index contributed by atoms with van der Waals surface area (Å²) < 4.78 is 26.5. The number of likely N-dealkylation sites (tertiary alicyclic amines) is 1. The lowest BCUT2D eigenvalue weighted by Crippen LogP contribution is -2.54. The number of ether oxygens (including phenoxy) is 2. The van der Waals surface area contributed by atoms with E-state index in [9.17, 15) is 9.90 Å². The highest BCUT2D eigenvalue weighted by molar-refractivity contribution is 5.74. The summed E-state index contributed by atoms with van der Waals surface area (Å²) in [5.41, 5.74) is -0.967. The standard InChI is InChI=1S/C31H46FN3O4/c1-23(2)20-25(21-33-3)34-30(36)35-18-11-12-24(22-35)31(37,17-8-9-19-38-4)27-15-10-16-28(32)29(27)39-26-13-6-5-7-14-26/h5-7,10,13-16,23-25,33,37H,8-9,11-12,17-22H2,1-4H3,(H,34,36)/t24-,25?,31+/m1/s1. The van der Waals surface area contributed by atoms with Crippen LogP contribution in [0.25, 0.3) is 0 Å². The molecule has 2 aromatic rings. The van der Waals surface area contributed by atoms with Crippen molar-refractivity contribution >= 4 is 6.03 Å². The number of carbonyl (C=O) groups excluding carboxylic acids is 1. The summed E-state index contributed by atoms with van der Waals surface area (Å²) in [7, 11) is 3.54. The number of amides is 2. The molecule has 7 nitrogen and oxygen atoms in total. The van der Waals surface area contributed by atoms with Crippen LogP contribution >= 0.6 is 0 Å². The fourth-order valence-corrected chi connectivity index (χ4v) is 5.59. The van der Waals surface area contributed by atoms with E-state index in [1.165, 1.54) is 6.07 Å². The fraction of sp³-hybridized carbons (Fsp3) is 0.581. The molecular weight excluding hydrogens is 497 g/mol. The molecule has 1 unspecified atom stereocenters. The highest BCUT2D eigenvalue weighted by atomic mass is 19.1. The number of urea groups is 1. The van der Waals surface area contributed by atoms with E-state index < -0.39 is 11.4 Å². The van der Waals surface area contributed by atoms with E-state index in [1.807, 2.05) is 25.2 Å². The first-order valence-electron chi connectivity index (χ1n) is 14.2. The minimum atomic E-state index is -1.39. The van der Waals surface area contributed by atoms with Crippen LogP contribution in [0.4, 0.5) is 9.18 Å². The van der Waals surface area contributed by atoms with Crippen molar-refractivity contribution in [3.05, 3.63) is 59.9 Å². The van der Waals surface area contributed by atoms with Crippen molar-refractivity contribution in [1.29, 1.82) is 0 Å². The Morgan fingerprint density at radius 3 is 2.64 bits per heavy atom. The number of benzene rings is 2. The number of nitrogens with one attached hydrogen (secondary N) is 2. The Morgan fingerprint density at radius 1 is 1.18 bits per heavy atom. The van der Waals surface area contributed by atoms with Gasteiger partial charge in [-0.25, -0.2) is 9.18 Å². The highest BCUT2D eigenvalue weighted by Crippen LogP contribution is 2.45. The lowest BCUT2D eigenvalue weighted by Gasteiger charge is -2.43. The molecular formula is C31H46FN3O4. The van der Waals surface area contributed by atoms with Gasteiger partial charge in [-0.1, -0.05) is 44.2 Å². The van der Waals surface area contributed by atoms with Gasteiger partial charge in [0.15, 0.2) is 11.6 Å². The Bertz CT molecular complexity index is 1020. The summed E-state index contributed by atoms with van der Waals surface area (Å²) in [6.45, 7) is 6.55. The third-order valence-electron chi connectivity index (χ3n) is 7.47. The van der Waals surface area contributed by atoms with E-state index in [1.54, 1.807) is 36.3 Å². The number of nitrogens with zero attached hydrogens (tertiary/aromatic N) is 1. The molecule has 216 valence electrons. The molecule has 2 aromatic carbocycles. The van der Waals surface area contributed by atoms with Crippen molar-refractivity contribution in [2.45, 2.75) is 64.0 Å². The minimum Gasteiger partial charge on any atom is -0.454 e. The maximum Gasteiger partial charge on any atom is 0.317 e. The Labute approximate surface area is 233 Å². The maximum absolute atomic E-state index is 15.3. The van der Waals surface area contributed by atoms with Crippen LogP contribution in [0.1, 0.15) is 57.9 Å². The molecule has 1 heterocycles. The SMILES string of the molecule is CNCC(CC(C)C)NC(=O)N1CCC[C@@H]([C@@](O)(CCCCOC)c2cccc(F)c2Oc2ccccc2)C1. The van der Waals surface area contributed by atoms with Crippen LogP contribution in [0, 0.1) is 17.7 Å². The molecule has 3 N–H and O–H groups in total. The lowest BCUT2D eigenvalue weighted by atomic mass is 9.73. The molecule has 0 radical (unpaired) electrons. The van der Waals surface area contributed by atoms with Crippen LogP contribution < -0.4 is 15.4 Å². The summed E-state index contributed by atoms with van der Waals surface area (Å²) in [6.07, 6.45) is 4.20. The molecule has 0 aliphatic carbocycles. The Balaban J connectivity index is 1.89. The van der Waals surface area contributed by atoms with Crippen LogP contribution in [-0.2, 0) is 10.3 Å². The zero-order chi connectivity index (χ0) is 28.3. The van der Waals surface area contributed by atoms with Gasteiger partial charge in [0.25, 0.3) is 0 Å². The van der Waals surface area contributed by atoms with E-state index in [2.05, 4.69) is 24.5 Å². The van der Waals surface area contributed by atoms with Crippen LogP contribution in [-0.4, -0.2) is 62.5 Å². The van der Waals surface area contributed by atoms with Crippen molar-refractivity contribution in [1.82, 2.24) is 15.5 Å². The Morgan fingerprint density at radius 2 is 1.95 bits per heavy atom. The van der Waals surface area contributed by atoms with E-state index in [-0.39, 0.29) is 23.7 Å². The molecule has 1 aliphatic heterocycles. The average Bonchev–Trinajstić information content (AvgIpc) is 2.92. The number of piperidine rings is 1. The predicted molar refractivity (Wildman–Crippen MR) is 153 cm³/mol. The molecule has 3 rings (SSSR count). The lowest BCUT2D eigenvalue weighted by molar-refractivity contribution is -0.0577. The molecule has 39 heavy (non-hydrogen) atoms. The first kappa shape index (κ1) is 30.9. The fourth-order valence-electron chi connectivity index (χ4n) is 5.59. The molecule has 0 aromatic heterocycles. The number of halogens is 1. The molecule has 3 atom stereocenters. The van der Waals surface area contributed by atoms with Gasteiger partial charge in [0.2, 0.25) is 0 Å². The second kappa shape index (κ2) is 15.2. The second-order valence-corrected chi connectivity index (χ2v) is 11.0. The number of para-hydroxylation sites is 2. The van der Waals surface area contributed by atoms with E-state index in [4.69, 9.17) is 9.47 Å². The molecule has 2 amide bonds. The molecule has 0 saturated carbocycles. The predicted octanol–water partition coefficient (Wildman–Crippen LogP) is 5.68. The Hall–Kier alpha value is -2.68. The normalized spacial score (nSPS) is 18.0.